The zero-order valence-electron chi connectivity index (χ0n) is 20.2. The summed E-state index contributed by atoms with van der Waals surface area (Å²) in [4.78, 5) is 26.9. The van der Waals surface area contributed by atoms with Gasteiger partial charge in [0.1, 0.15) is 11.6 Å². The molecule has 0 saturated carbocycles. The molecule has 2 aliphatic heterocycles. The van der Waals surface area contributed by atoms with E-state index in [1.54, 1.807) is 0 Å². The summed E-state index contributed by atoms with van der Waals surface area (Å²) in [6.45, 7) is 1.49. The van der Waals surface area contributed by atoms with Gasteiger partial charge in [-0.2, -0.15) is 8.78 Å². The van der Waals surface area contributed by atoms with E-state index in [9.17, 15) is 26.8 Å². The van der Waals surface area contributed by atoms with Gasteiger partial charge < -0.3 is 10.2 Å². The lowest BCUT2D eigenvalue weighted by Crippen LogP contribution is -2.61. The van der Waals surface area contributed by atoms with Crippen LogP contribution in [0.15, 0.2) is 36.4 Å². The van der Waals surface area contributed by atoms with Crippen LogP contribution < -0.4 is 10.0 Å². The Morgan fingerprint density at radius 1 is 1.00 bits per heavy atom. The highest BCUT2D eigenvalue weighted by Gasteiger charge is 2.52. The van der Waals surface area contributed by atoms with Gasteiger partial charge in [-0.15, -0.1) is 0 Å². The monoisotopic (exact) mass is 541 g/mol. The molecule has 0 aliphatic carbocycles. The van der Waals surface area contributed by atoms with Crippen molar-refractivity contribution in [2.24, 2.45) is 0 Å². The largest absolute Gasteiger partial charge is 0.352 e. The molecule has 0 radical (unpaired) electrons. The Balaban J connectivity index is 1.57. The summed E-state index contributed by atoms with van der Waals surface area (Å²) in [6.07, 6.45) is 2.89. The smallest absolute Gasteiger partial charge is 0.331 e. The number of sulfonamides is 1. The molecular formula is C25H27F4N3O4S. The number of carbonyl (C=O) groups excluding carboxylic acids is 2. The number of rotatable bonds is 6. The van der Waals surface area contributed by atoms with Crippen molar-refractivity contribution in [2.45, 2.75) is 63.1 Å². The van der Waals surface area contributed by atoms with Gasteiger partial charge in [0, 0.05) is 29.4 Å². The number of hydrogen-bond donors (Lipinski definition) is 2. The number of hydrogen-bond acceptors (Lipinski definition) is 4. The number of carbonyl (C=O) groups is 2. The fourth-order valence-corrected chi connectivity index (χ4v) is 6.02. The van der Waals surface area contributed by atoms with Gasteiger partial charge in [0.25, 0.3) is 11.8 Å². The molecule has 2 N–H and O–H groups in total. The lowest BCUT2D eigenvalue weighted by molar-refractivity contribution is -0.170. The lowest BCUT2D eigenvalue weighted by atomic mass is 9.81. The molecule has 2 bridgehead atoms. The van der Waals surface area contributed by atoms with Crippen molar-refractivity contribution in [1.29, 1.82) is 0 Å². The summed E-state index contributed by atoms with van der Waals surface area (Å²) in [5.41, 5.74) is -1.05. The summed E-state index contributed by atoms with van der Waals surface area (Å²) in [5.74, 6) is -8.50. The van der Waals surface area contributed by atoms with E-state index in [4.69, 9.17) is 0 Å². The van der Waals surface area contributed by atoms with Crippen LogP contribution in [0.3, 0.4) is 0 Å². The molecule has 12 heteroatoms. The number of fused-ring (bicyclic) bond motifs is 2. The highest BCUT2D eigenvalue weighted by molar-refractivity contribution is 7.88. The third-order valence-electron chi connectivity index (χ3n) is 6.84. The first-order valence-electron chi connectivity index (χ1n) is 11.8. The second kappa shape index (κ2) is 10.1. The molecule has 3 atom stereocenters. The summed E-state index contributed by atoms with van der Waals surface area (Å²) < 4.78 is 84.9. The molecule has 200 valence electrons. The lowest BCUT2D eigenvalue weighted by Gasteiger charge is -2.49. The zero-order valence-corrected chi connectivity index (χ0v) is 21.0. The van der Waals surface area contributed by atoms with E-state index in [-0.39, 0.29) is 29.7 Å². The summed E-state index contributed by atoms with van der Waals surface area (Å²) in [5, 5.41) is 2.45. The number of nitrogens with zero attached hydrogens (tertiary/aromatic N) is 1. The quantitative estimate of drug-likeness (QED) is 0.539. The second-order valence-corrected chi connectivity index (χ2v) is 11.5. The highest BCUT2D eigenvalue weighted by atomic mass is 32.2. The number of alkyl halides is 2. The molecule has 0 aromatic heterocycles. The zero-order chi connectivity index (χ0) is 27.1. The first kappa shape index (κ1) is 27.1. The average Bonchev–Trinajstić information content (AvgIpc) is 2.79. The van der Waals surface area contributed by atoms with Crippen molar-refractivity contribution >= 4 is 27.5 Å². The SMILES string of the molecule is Cc1cc(NC(=O)c2ccc(F)c(C(F)(F)C(=O)N3[C@@H]4CCC[C@H]3CC(NS(C)(=O)=O)C4)c2)ccc1F. The molecule has 2 heterocycles. The van der Waals surface area contributed by atoms with Crippen LogP contribution in [0.5, 0.6) is 0 Å². The van der Waals surface area contributed by atoms with Crippen LogP contribution >= 0.6 is 0 Å². The molecule has 4 rings (SSSR count). The van der Waals surface area contributed by atoms with Gasteiger partial charge in [-0.25, -0.2) is 21.9 Å². The maximum Gasteiger partial charge on any atom is 0.352 e. The second-order valence-electron chi connectivity index (χ2n) is 9.70. The standard InChI is InChI=1S/C25H27F4N3O4S/c1-14-10-16(7-9-21(14)26)30-23(33)15-6-8-22(27)20(11-15)25(28,29)24(34)32-18-4-3-5-19(32)13-17(12-18)31-37(2,35)36/h6-11,17-19,31H,3-5,12-13H2,1-2H3,(H,30,33)/t17?,18-,19+. The molecule has 2 saturated heterocycles. The number of amides is 2. The molecule has 2 amide bonds. The Labute approximate surface area is 212 Å². The van der Waals surface area contributed by atoms with Crippen LogP contribution in [0.1, 0.15) is 53.6 Å². The van der Waals surface area contributed by atoms with E-state index in [1.807, 2.05) is 0 Å². The van der Waals surface area contributed by atoms with Gasteiger partial charge in [0.05, 0.1) is 11.8 Å². The van der Waals surface area contributed by atoms with E-state index in [0.29, 0.717) is 31.4 Å². The Morgan fingerprint density at radius 2 is 1.62 bits per heavy atom. The number of aryl methyl sites for hydroxylation is 1. The number of nitrogens with one attached hydrogen (secondary N) is 2. The molecule has 2 aromatic rings. The summed E-state index contributed by atoms with van der Waals surface area (Å²) in [6, 6.07) is 4.42. The Bertz CT molecular complexity index is 1320. The third-order valence-corrected chi connectivity index (χ3v) is 7.60. The molecule has 0 spiro atoms. The van der Waals surface area contributed by atoms with Gasteiger partial charge in [-0.05, 0) is 81.0 Å². The van der Waals surface area contributed by atoms with Gasteiger partial charge in [0.2, 0.25) is 10.0 Å². The normalized spacial score (nSPS) is 22.0. The molecule has 1 unspecified atom stereocenters. The van der Waals surface area contributed by atoms with Crippen LogP contribution in [0.25, 0.3) is 0 Å². The summed E-state index contributed by atoms with van der Waals surface area (Å²) >= 11 is 0. The molecule has 7 nitrogen and oxygen atoms in total. The average molecular weight is 542 g/mol. The van der Waals surface area contributed by atoms with E-state index < -0.39 is 63.1 Å². The van der Waals surface area contributed by atoms with Gasteiger partial charge in [-0.1, -0.05) is 0 Å². The minimum atomic E-state index is -4.27. The van der Waals surface area contributed by atoms with Crippen LogP contribution in [0.4, 0.5) is 23.2 Å². The Hall–Kier alpha value is -2.99. The summed E-state index contributed by atoms with van der Waals surface area (Å²) in [7, 11) is -3.52. The van der Waals surface area contributed by atoms with E-state index >= 15 is 8.78 Å². The van der Waals surface area contributed by atoms with Crippen molar-refractivity contribution in [3.05, 3.63) is 64.7 Å². The van der Waals surface area contributed by atoms with Crippen LogP contribution in [-0.4, -0.2) is 49.5 Å². The maximum absolute atomic E-state index is 15.5. The van der Waals surface area contributed by atoms with Crippen LogP contribution in [0, 0.1) is 18.6 Å². The number of piperidine rings is 2. The molecule has 37 heavy (non-hydrogen) atoms. The van der Waals surface area contributed by atoms with Crippen molar-refractivity contribution in [3.63, 3.8) is 0 Å². The van der Waals surface area contributed by atoms with Gasteiger partial charge in [-0.3, -0.25) is 9.59 Å². The molecule has 2 fully saturated rings. The maximum atomic E-state index is 15.5. The molecule has 2 aromatic carbocycles. The minimum absolute atomic E-state index is 0.174. The predicted octanol–water partition coefficient (Wildman–Crippen LogP) is 4.08. The fraction of sp³-hybridized carbons (Fsp3) is 0.440. The Morgan fingerprint density at radius 3 is 2.22 bits per heavy atom. The highest BCUT2D eigenvalue weighted by Crippen LogP contribution is 2.40. The van der Waals surface area contributed by atoms with E-state index in [0.717, 1.165) is 23.3 Å². The topological polar surface area (TPSA) is 95.6 Å². The number of halogens is 4. The van der Waals surface area contributed by atoms with Gasteiger partial charge >= 0.3 is 5.92 Å². The Kier molecular flexibility index (Phi) is 7.35. The van der Waals surface area contributed by atoms with E-state index in [2.05, 4.69) is 10.0 Å². The first-order chi connectivity index (χ1) is 17.3. The van der Waals surface area contributed by atoms with Crippen LogP contribution in [0.2, 0.25) is 0 Å². The van der Waals surface area contributed by atoms with Crippen molar-refractivity contribution < 1.29 is 35.6 Å². The number of anilines is 1. The minimum Gasteiger partial charge on any atom is -0.331 e. The van der Waals surface area contributed by atoms with Crippen molar-refractivity contribution in [1.82, 2.24) is 9.62 Å². The number of benzene rings is 2. The van der Waals surface area contributed by atoms with Crippen LogP contribution in [-0.2, 0) is 20.7 Å². The predicted molar refractivity (Wildman–Crippen MR) is 129 cm³/mol. The third kappa shape index (κ3) is 5.80. The van der Waals surface area contributed by atoms with Crippen molar-refractivity contribution in [2.75, 3.05) is 11.6 Å². The van der Waals surface area contributed by atoms with Crippen molar-refractivity contribution in [3.8, 4) is 0 Å². The first-order valence-corrected chi connectivity index (χ1v) is 13.7. The van der Waals surface area contributed by atoms with Gasteiger partial charge in [0.15, 0.2) is 0 Å². The molecular weight excluding hydrogens is 514 g/mol. The molecule has 2 aliphatic rings. The fourth-order valence-electron chi connectivity index (χ4n) is 5.22. The van der Waals surface area contributed by atoms with E-state index in [1.165, 1.54) is 19.1 Å².